The first-order chi connectivity index (χ1) is 24.0. The van der Waals surface area contributed by atoms with Crippen LogP contribution < -0.4 is 0 Å². The number of thiazole rings is 1. The summed E-state index contributed by atoms with van der Waals surface area (Å²) >= 11 is 1.71. The number of hydrogen-bond acceptors (Lipinski definition) is 5. The van der Waals surface area contributed by atoms with E-state index in [1.54, 1.807) is 11.3 Å². The third-order valence-corrected chi connectivity index (χ3v) is 11.0. The molecule has 0 saturated heterocycles. The van der Waals surface area contributed by atoms with Crippen LogP contribution in [0.25, 0.3) is 87.8 Å². The molecule has 0 aliphatic heterocycles. The number of nitrogens with zero attached hydrogens (tertiary/aromatic N) is 3. The van der Waals surface area contributed by atoms with Gasteiger partial charge in [0.15, 0.2) is 5.82 Å². The van der Waals surface area contributed by atoms with Gasteiger partial charge in [-0.15, -0.1) is 11.3 Å². The van der Waals surface area contributed by atoms with E-state index in [1.165, 1.54) is 10.3 Å². The highest BCUT2D eigenvalue weighted by atomic mass is 32.1. The molecule has 0 atom stereocenters. The van der Waals surface area contributed by atoms with Crippen LogP contribution in [-0.2, 0) is 5.41 Å². The summed E-state index contributed by atoms with van der Waals surface area (Å²) in [4.78, 5) is 15.7. The first-order valence-corrected chi connectivity index (χ1v) is 17.3. The van der Waals surface area contributed by atoms with Crippen molar-refractivity contribution in [3.8, 4) is 55.6 Å². The molecule has 10 rings (SSSR count). The fourth-order valence-corrected chi connectivity index (χ4v) is 8.51. The highest BCUT2D eigenvalue weighted by Gasteiger charge is 2.40. The van der Waals surface area contributed by atoms with E-state index in [9.17, 15) is 0 Å². The van der Waals surface area contributed by atoms with Crippen molar-refractivity contribution in [3.63, 3.8) is 0 Å². The van der Waals surface area contributed by atoms with Crippen molar-refractivity contribution in [2.75, 3.05) is 0 Å². The number of fused-ring (bicyclic) bond motifs is 7. The molecule has 3 heterocycles. The Balaban J connectivity index is 1.17. The summed E-state index contributed by atoms with van der Waals surface area (Å²) in [6.07, 6.45) is 0. The smallest absolute Gasteiger partial charge is 0.160 e. The molecule has 1 aliphatic carbocycles. The fraction of sp³-hybridized carbons (Fsp3) is 0.0682. The van der Waals surface area contributed by atoms with Gasteiger partial charge in [0, 0.05) is 49.6 Å². The van der Waals surface area contributed by atoms with Gasteiger partial charge in [-0.3, -0.25) is 0 Å². The van der Waals surface area contributed by atoms with Crippen LogP contribution in [-0.4, -0.2) is 15.0 Å². The minimum Gasteiger partial charge on any atom is -0.455 e. The SMILES string of the molecule is CC1(C)c2ccccc2-c2nc(-c3cccc(-c4nc5ccccc5s4)c3)nc(-c3cccc(-c4cccc5c4oc4ccccc45)c3)c21. The fourth-order valence-electron chi connectivity index (χ4n) is 7.55. The van der Waals surface area contributed by atoms with E-state index in [2.05, 4.69) is 135 Å². The summed E-state index contributed by atoms with van der Waals surface area (Å²) in [7, 11) is 0. The third kappa shape index (κ3) is 4.32. The molecule has 9 aromatic rings. The summed E-state index contributed by atoms with van der Waals surface area (Å²) in [6.45, 7) is 4.58. The molecule has 0 N–H and O–H groups in total. The van der Waals surface area contributed by atoms with E-state index in [1.807, 2.05) is 18.2 Å². The Bertz CT molecular complexity index is 2740. The van der Waals surface area contributed by atoms with Gasteiger partial charge >= 0.3 is 0 Å². The van der Waals surface area contributed by atoms with Crippen molar-refractivity contribution in [1.29, 1.82) is 0 Å². The van der Waals surface area contributed by atoms with E-state index >= 15 is 0 Å². The number of rotatable bonds is 4. The molecule has 232 valence electrons. The average Bonchev–Trinajstić information content (AvgIpc) is 3.82. The summed E-state index contributed by atoms with van der Waals surface area (Å²) in [6, 6.07) is 48.8. The highest BCUT2D eigenvalue weighted by Crippen LogP contribution is 2.51. The molecule has 5 heteroatoms. The van der Waals surface area contributed by atoms with Crippen molar-refractivity contribution in [1.82, 2.24) is 15.0 Å². The van der Waals surface area contributed by atoms with Gasteiger partial charge in [-0.1, -0.05) is 123 Å². The Kier molecular flexibility index (Phi) is 6.05. The Hall–Kier alpha value is -5.91. The summed E-state index contributed by atoms with van der Waals surface area (Å²) in [5.74, 6) is 0.703. The van der Waals surface area contributed by atoms with Gasteiger partial charge < -0.3 is 4.42 Å². The second-order valence-corrected chi connectivity index (χ2v) is 14.2. The van der Waals surface area contributed by atoms with Gasteiger partial charge in [0.25, 0.3) is 0 Å². The molecule has 0 bridgehead atoms. The Morgan fingerprint density at radius 1 is 0.551 bits per heavy atom. The Morgan fingerprint density at radius 2 is 1.22 bits per heavy atom. The number of hydrogen-bond donors (Lipinski definition) is 0. The molecule has 1 aliphatic rings. The summed E-state index contributed by atoms with van der Waals surface area (Å²) in [5.41, 5.74) is 13.3. The van der Waals surface area contributed by atoms with E-state index in [4.69, 9.17) is 19.4 Å². The lowest BCUT2D eigenvalue weighted by atomic mass is 9.80. The zero-order valence-electron chi connectivity index (χ0n) is 26.9. The molecule has 6 aromatic carbocycles. The van der Waals surface area contributed by atoms with Crippen LogP contribution >= 0.6 is 11.3 Å². The van der Waals surface area contributed by atoms with Crippen molar-refractivity contribution in [2.45, 2.75) is 19.3 Å². The lowest BCUT2D eigenvalue weighted by Gasteiger charge is -2.24. The topological polar surface area (TPSA) is 51.8 Å². The third-order valence-electron chi connectivity index (χ3n) is 9.90. The van der Waals surface area contributed by atoms with Crippen LogP contribution in [0.15, 0.2) is 144 Å². The minimum atomic E-state index is -0.280. The predicted octanol–water partition coefficient (Wildman–Crippen LogP) is 12.0. The molecular formula is C44H29N3OS. The Labute approximate surface area is 287 Å². The first-order valence-electron chi connectivity index (χ1n) is 16.5. The highest BCUT2D eigenvalue weighted by molar-refractivity contribution is 7.21. The van der Waals surface area contributed by atoms with Crippen molar-refractivity contribution < 1.29 is 4.42 Å². The van der Waals surface area contributed by atoms with Gasteiger partial charge in [-0.05, 0) is 41.5 Å². The number of aromatic nitrogens is 3. The van der Waals surface area contributed by atoms with E-state index in [-0.39, 0.29) is 5.41 Å². The van der Waals surface area contributed by atoms with Crippen LogP contribution in [0.3, 0.4) is 0 Å². The molecule has 0 amide bonds. The maximum Gasteiger partial charge on any atom is 0.160 e. The number of benzene rings is 6. The zero-order valence-corrected chi connectivity index (χ0v) is 27.8. The maximum atomic E-state index is 6.45. The van der Waals surface area contributed by atoms with Crippen LogP contribution in [0.4, 0.5) is 0 Å². The molecule has 0 fully saturated rings. The lowest BCUT2D eigenvalue weighted by molar-refractivity contribution is 0.658. The summed E-state index contributed by atoms with van der Waals surface area (Å²) in [5, 5.41) is 3.23. The standard InChI is InChI=1S/C44H29N3OS/c1-44(2)34-20-5-3-17-33(34)40-38(44)39(46-42(47-40)28-14-10-15-29(25-28)43-45-35-21-6-8-23-37(35)49-43)27-13-9-12-26(24-27)30-18-11-19-32-31-16-4-7-22-36(31)48-41(30)32/h3-25H,1-2H3. The second kappa shape index (κ2) is 10.5. The maximum absolute atomic E-state index is 6.45. The van der Waals surface area contributed by atoms with Crippen molar-refractivity contribution >= 4 is 43.5 Å². The van der Waals surface area contributed by atoms with Crippen LogP contribution in [0.2, 0.25) is 0 Å². The number of furan rings is 1. The van der Waals surface area contributed by atoms with E-state index < -0.39 is 0 Å². The molecule has 0 spiro atoms. The van der Waals surface area contributed by atoms with Crippen molar-refractivity contribution in [3.05, 3.63) is 151 Å². The van der Waals surface area contributed by atoms with Gasteiger partial charge in [-0.25, -0.2) is 15.0 Å². The minimum absolute atomic E-state index is 0.280. The van der Waals surface area contributed by atoms with Crippen molar-refractivity contribution in [2.24, 2.45) is 0 Å². The molecular weight excluding hydrogens is 619 g/mol. The summed E-state index contributed by atoms with van der Waals surface area (Å²) < 4.78 is 7.62. The largest absolute Gasteiger partial charge is 0.455 e. The van der Waals surface area contributed by atoms with Gasteiger partial charge in [-0.2, -0.15) is 0 Å². The molecule has 0 radical (unpaired) electrons. The van der Waals surface area contributed by atoms with Crippen LogP contribution in [0.1, 0.15) is 25.0 Å². The van der Waals surface area contributed by atoms with E-state index in [0.717, 1.165) is 82.8 Å². The van der Waals surface area contributed by atoms with Gasteiger partial charge in [0.1, 0.15) is 16.2 Å². The van der Waals surface area contributed by atoms with E-state index in [0.29, 0.717) is 5.82 Å². The first kappa shape index (κ1) is 28.1. The Morgan fingerprint density at radius 3 is 2.14 bits per heavy atom. The normalized spacial score (nSPS) is 13.3. The molecule has 4 nitrogen and oxygen atoms in total. The molecule has 0 saturated carbocycles. The lowest BCUT2D eigenvalue weighted by Crippen LogP contribution is -2.17. The van der Waals surface area contributed by atoms with Crippen LogP contribution in [0.5, 0.6) is 0 Å². The van der Waals surface area contributed by atoms with Crippen LogP contribution in [0, 0.1) is 0 Å². The average molecular weight is 648 g/mol. The van der Waals surface area contributed by atoms with Gasteiger partial charge in [0.05, 0.1) is 21.6 Å². The zero-order chi connectivity index (χ0) is 32.7. The van der Waals surface area contributed by atoms with Gasteiger partial charge in [0.2, 0.25) is 0 Å². The molecule has 0 unspecified atom stereocenters. The molecule has 49 heavy (non-hydrogen) atoms. The monoisotopic (exact) mass is 647 g/mol. The second-order valence-electron chi connectivity index (χ2n) is 13.2. The quantitative estimate of drug-likeness (QED) is 0.191. The number of para-hydroxylation sites is 3. The molecule has 3 aromatic heterocycles. The predicted molar refractivity (Wildman–Crippen MR) is 202 cm³/mol.